The molecule has 3 unspecified atom stereocenters. The Morgan fingerprint density at radius 3 is 1.41 bits per heavy atom. The lowest BCUT2D eigenvalue weighted by Crippen LogP contribution is -2.54. The summed E-state index contributed by atoms with van der Waals surface area (Å²) >= 11 is 0. The molecule has 0 aliphatic carbocycles. The lowest BCUT2D eigenvalue weighted by molar-refractivity contribution is -0.247. The van der Waals surface area contributed by atoms with Crippen LogP contribution in [0.1, 0.15) is 154 Å². The van der Waals surface area contributed by atoms with E-state index in [1.165, 1.54) is 32.1 Å². The summed E-state index contributed by atoms with van der Waals surface area (Å²) in [6.07, 6.45) is 13.0. The maximum absolute atomic E-state index is 11.1. The molecule has 1 N–H and O–H groups in total. The summed E-state index contributed by atoms with van der Waals surface area (Å²) in [4.78, 5) is 12.2. The molecule has 0 aromatic carbocycles. The Hall–Kier alpha value is -0.240. The third-order valence-corrected chi connectivity index (χ3v) is 11.6. The normalized spacial score (nSPS) is 34.8. The summed E-state index contributed by atoms with van der Waals surface area (Å²) in [5.74, 6) is 2.62. The zero-order valence-electron chi connectivity index (χ0n) is 29.7. The largest absolute Gasteiger partial charge is 0.313 e. The SMILES string of the molecule is CON1C(C)(C)CCC(C(CCC2CCC(C)(C)N(O)C(C)(C)C2)C2CCC(C)(C)N(OC)C(C)(C)C2)CC1(C)C. The van der Waals surface area contributed by atoms with Crippen molar-refractivity contribution in [3.05, 3.63) is 0 Å². The molecular formula is C35H69N3O3. The highest BCUT2D eigenvalue weighted by molar-refractivity contribution is 5.00. The van der Waals surface area contributed by atoms with Gasteiger partial charge < -0.3 is 14.9 Å². The van der Waals surface area contributed by atoms with Gasteiger partial charge >= 0.3 is 0 Å². The predicted octanol–water partition coefficient (Wildman–Crippen LogP) is 8.87. The maximum Gasteiger partial charge on any atom is 0.0575 e. The third-order valence-electron chi connectivity index (χ3n) is 11.6. The van der Waals surface area contributed by atoms with Crippen LogP contribution in [0.25, 0.3) is 0 Å². The summed E-state index contributed by atoms with van der Waals surface area (Å²) in [5.41, 5.74) is -0.421. The van der Waals surface area contributed by atoms with Crippen molar-refractivity contribution in [1.82, 2.24) is 15.2 Å². The van der Waals surface area contributed by atoms with Gasteiger partial charge in [-0.3, -0.25) is 0 Å². The Bertz CT molecular complexity index is 819. The van der Waals surface area contributed by atoms with E-state index in [1.807, 2.05) is 14.2 Å². The van der Waals surface area contributed by atoms with Crippen LogP contribution in [0.4, 0.5) is 0 Å². The second-order valence-corrected chi connectivity index (χ2v) is 18.0. The number of hydrogen-bond donors (Lipinski definition) is 1. The Morgan fingerprint density at radius 2 is 1.00 bits per heavy atom. The van der Waals surface area contributed by atoms with Crippen LogP contribution in [0, 0.1) is 23.7 Å². The Labute approximate surface area is 254 Å². The minimum Gasteiger partial charge on any atom is -0.313 e. The number of rotatable bonds is 7. The summed E-state index contributed by atoms with van der Waals surface area (Å²) in [6.45, 7) is 27.9. The number of hydrogen-bond acceptors (Lipinski definition) is 6. The first-order valence-electron chi connectivity index (χ1n) is 16.8. The molecule has 3 fully saturated rings. The fourth-order valence-corrected chi connectivity index (χ4v) is 10.2. The zero-order chi connectivity index (χ0) is 31.2. The van der Waals surface area contributed by atoms with Crippen LogP contribution in [0.3, 0.4) is 0 Å². The van der Waals surface area contributed by atoms with Crippen molar-refractivity contribution in [3.63, 3.8) is 0 Å². The minimum atomic E-state index is -0.208. The summed E-state index contributed by atoms with van der Waals surface area (Å²) in [5, 5.41) is 17.4. The molecule has 3 aliphatic heterocycles. The van der Waals surface area contributed by atoms with E-state index >= 15 is 0 Å². The van der Waals surface area contributed by atoms with Crippen molar-refractivity contribution in [2.45, 2.75) is 187 Å². The van der Waals surface area contributed by atoms with Gasteiger partial charge in [0.15, 0.2) is 0 Å². The van der Waals surface area contributed by atoms with Gasteiger partial charge in [-0.05, 0) is 171 Å². The molecule has 0 radical (unpaired) electrons. The van der Waals surface area contributed by atoms with Gasteiger partial charge in [0.25, 0.3) is 0 Å². The molecule has 3 heterocycles. The first-order chi connectivity index (χ1) is 18.6. The fraction of sp³-hybridized carbons (Fsp3) is 1.00. The molecule has 0 aromatic heterocycles. The number of nitrogens with zero attached hydrogens (tertiary/aromatic N) is 3. The fourth-order valence-electron chi connectivity index (χ4n) is 10.2. The monoisotopic (exact) mass is 580 g/mol. The smallest absolute Gasteiger partial charge is 0.0575 e. The molecule has 242 valence electrons. The van der Waals surface area contributed by atoms with Gasteiger partial charge in [-0.1, -0.05) is 6.42 Å². The highest BCUT2D eigenvalue weighted by Gasteiger charge is 2.49. The molecule has 0 spiro atoms. The Kier molecular flexibility index (Phi) is 10.6. The molecule has 0 amide bonds. The highest BCUT2D eigenvalue weighted by Crippen LogP contribution is 2.50. The number of hydroxylamine groups is 6. The molecule has 6 heteroatoms. The van der Waals surface area contributed by atoms with Crippen molar-refractivity contribution >= 4 is 0 Å². The van der Waals surface area contributed by atoms with Gasteiger partial charge in [-0.2, -0.15) is 15.2 Å². The standard InChI is InChI=1S/C35H69N3O3/c1-30(2)20-17-26(23-33(7,8)36(30)39)15-16-29(27-18-21-31(3,4)37(40-13)34(9,10)24-27)28-19-22-32(5,6)38(41-14)35(11,12)25-28/h26-29,39H,15-25H2,1-14H3. The van der Waals surface area contributed by atoms with Crippen molar-refractivity contribution < 1.29 is 14.9 Å². The third kappa shape index (κ3) is 7.71. The average Bonchev–Trinajstić information content (AvgIpc) is 3.01. The molecule has 3 saturated heterocycles. The lowest BCUT2D eigenvalue weighted by atomic mass is 9.67. The average molecular weight is 580 g/mol. The zero-order valence-corrected chi connectivity index (χ0v) is 29.7. The molecule has 41 heavy (non-hydrogen) atoms. The topological polar surface area (TPSA) is 48.4 Å². The van der Waals surface area contributed by atoms with Crippen LogP contribution in [-0.4, -0.2) is 67.9 Å². The van der Waals surface area contributed by atoms with Crippen molar-refractivity contribution in [2.75, 3.05) is 14.2 Å². The lowest BCUT2D eigenvalue weighted by Gasteiger charge is -2.46. The van der Waals surface area contributed by atoms with Gasteiger partial charge in [-0.15, -0.1) is 0 Å². The maximum atomic E-state index is 11.1. The van der Waals surface area contributed by atoms with Crippen molar-refractivity contribution in [1.29, 1.82) is 0 Å². The summed E-state index contributed by atoms with van der Waals surface area (Å²) in [6, 6.07) is 0. The van der Waals surface area contributed by atoms with Gasteiger partial charge in [0.1, 0.15) is 0 Å². The predicted molar refractivity (Wildman–Crippen MR) is 171 cm³/mol. The molecule has 0 saturated carbocycles. The van der Waals surface area contributed by atoms with E-state index in [-0.39, 0.29) is 33.2 Å². The molecule has 6 nitrogen and oxygen atoms in total. The van der Waals surface area contributed by atoms with Crippen LogP contribution in [0.2, 0.25) is 0 Å². The molecule has 0 aromatic rings. The van der Waals surface area contributed by atoms with E-state index in [1.54, 1.807) is 5.06 Å². The summed E-state index contributed by atoms with van der Waals surface area (Å²) in [7, 11) is 3.71. The van der Waals surface area contributed by atoms with Crippen molar-refractivity contribution in [3.8, 4) is 0 Å². The van der Waals surface area contributed by atoms with Crippen molar-refractivity contribution in [2.24, 2.45) is 23.7 Å². The summed E-state index contributed by atoms with van der Waals surface area (Å²) < 4.78 is 0. The molecule has 0 bridgehead atoms. The minimum absolute atomic E-state index is 0.0105. The second kappa shape index (κ2) is 12.3. The van der Waals surface area contributed by atoms with Gasteiger partial charge in [0, 0.05) is 33.2 Å². The molecule has 3 atom stereocenters. The molecule has 3 rings (SSSR count). The Morgan fingerprint density at radius 1 is 0.585 bits per heavy atom. The van der Waals surface area contributed by atoms with Gasteiger partial charge in [0.05, 0.1) is 14.2 Å². The van der Waals surface area contributed by atoms with Crippen LogP contribution in [0.5, 0.6) is 0 Å². The van der Waals surface area contributed by atoms with E-state index < -0.39 is 0 Å². The first-order valence-corrected chi connectivity index (χ1v) is 16.8. The van der Waals surface area contributed by atoms with Gasteiger partial charge in [0.2, 0.25) is 0 Å². The first kappa shape index (κ1) is 35.2. The van der Waals surface area contributed by atoms with Crippen LogP contribution in [-0.2, 0) is 9.68 Å². The van der Waals surface area contributed by atoms with Crippen LogP contribution >= 0.6 is 0 Å². The van der Waals surface area contributed by atoms with E-state index in [4.69, 9.17) is 9.68 Å². The van der Waals surface area contributed by atoms with E-state index in [0.29, 0.717) is 23.7 Å². The quantitative estimate of drug-likeness (QED) is 0.325. The van der Waals surface area contributed by atoms with Crippen LogP contribution in [0.15, 0.2) is 0 Å². The van der Waals surface area contributed by atoms with E-state index in [0.717, 1.165) is 38.5 Å². The second-order valence-electron chi connectivity index (χ2n) is 18.0. The van der Waals surface area contributed by atoms with E-state index in [9.17, 15) is 5.21 Å². The molecular weight excluding hydrogens is 510 g/mol. The molecule has 3 aliphatic rings. The van der Waals surface area contributed by atoms with Crippen LogP contribution < -0.4 is 0 Å². The highest BCUT2D eigenvalue weighted by atomic mass is 16.7. The van der Waals surface area contributed by atoms with Gasteiger partial charge in [-0.25, -0.2) is 0 Å². The van der Waals surface area contributed by atoms with E-state index in [2.05, 4.69) is 93.2 Å². The Balaban J connectivity index is 1.95.